The molecule has 0 bridgehead atoms. The summed E-state index contributed by atoms with van der Waals surface area (Å²) in [5.74, 6) is -0.275. The van der Waals surface area contributed by atoms with E-state index in [9.17, 15) is 9.50 Å². The molecule has 5 heteroatoms. The summed E-state index contributed by atoms with van der Waals surface area (Å²) in [5.41, 5.74) is 2.23. The Bertz CT molecular complexity index is 756. The Morgan fingerprint density at radius 1 is 1.32 bits per heavy atom. The Morgan fingerprint density at radius 2 is 2.16 bits per heavy atom. The molecule has 0 aliphatic heterocycles. The zero-order chi connectivity index (χ0) is 13.4. The fourth-order valence-corrected chi connectivity index (χ4v) is 3.08. The van der Waals surface area contributed by atoms with Crippen LogP contribution in [0.2, 0.25) is 5.02 Å². The van der Waals surface area contributed by atoms with Crippen LogP contribution in [0.4, 0.5) is 4.39 Å². The molecule has 3 aromatic rings. The van der Waals surface area contributed by atoms with Gasteiger partial charge in [-0.1, -0.05) is 17.7 Å². The van der Waals surface area contributed by atoms with E-state index in [-0.39, 0.29) is 12.4 Å². The lowest BCUT2D eigenvalue weighted by molar-refractivity contribution is 0.282. The smallest absolute Gasteiger partial charge is 0.134 e. The van der Waals surface area contributed by atoms with Gasteiger partial charge in [-0.3, -0.25) is 4.98 Å². The van der Waals surface area contributed by atoms with Crippen LogP contribution in [0.3, 0.4) is 0 Å². The number of hydrogen-bond acceptors (Lipinski definition) is 3. The highest BCUT2D eigenvalue weighted by Gasteiger charge is 2.13. The molecular weight excluding hydrogens is 285 g/mol. The Labute approximate surface area is 118 Å². The van der Waals surface area contributed by atoms with Crippen LogP contribution < -0.4 is 0 Å². The summed E-state index contributed by atoms with van der Waals surface area (Å²) in [5, 5.41) is 12.3. The van der Waals surface area contributed by atoms with Crippen LogP contribution in [0.25, 0.3) is 21.3 Å². The lowest BCUT2D eigenvalue weighted by Crippen LogP contribution is -1.92. The Morgan fingerprint density at radius 3 is 2.84 bits per heavy atom. The average molecular weight is 294 g/mol. The highest BCUT2D eigenvalue weighted by Crippen LogP contribution is 2.35. The molecule has 1 N–H and O–H groups in total. The van der Waals surface area contributed by atoms with Gasteiger partial charge in [0.05, 0.1) is 12.1 Å². The van der Waals surface area contributed by atoms with Crippen molar-refractivity contribution in [2.75, 3.05) is 0 Å². The van der Waals surface area contributed by atoms with E-state index in [2.05, 4.69) is 4.98 Å². The molecule has 0 atom stereocenters. The van der Waals surface area contributed by atoms with E-state index in [0.29, 0.717) is 10.6 Å². The minimum Gasteiger partial charge on any atom is -0.392 e. The van der Waals surface area contributed by atoms with Crippen molar-refractivity contribution in [3.8, 4) is 10.4 Å². The molecule has 0 radical (unpaired) electrons. The van der Waals surface area contributed by atoms with Crippen molar-refractivity contribution >= 4 is 33.8 Å². The summed E-state index contributed by atoms with van der Waals surface area (Å²) in [6, 6.07) is 6.83. The number of aliphatic hydroxyl groups excluding tert-OH is 1. The SMILES string of the molecule is OCc1cnc2cc(Cl)ccc2c1-c1cc(F)cs1. The van der Waals surface area contributed by atoms with Crippen LogP contribution in [0.1, 0.15) is 5.56 Å². The van der Waals surface area contributed by atoms with Gasteiger partial charge in [0, 0.05) is 38.0 Å². The largest absolute Gasteiger partial charge is 0.392 e. The molecule has 0 amide bonds. The van der Waals surface area contributed by atoms with Crippen LogP contribution in [0.5, 0.6) is 0 Å². The summed E-state index contributed by atoms with van der Waals surface area (Å²) < 4.78 is 13.2. The molecule has 0 saturated carbocycles. The summed E-state index contributed by atoms with van der Waals surface area (Å²) >= 11 is 7.25. The molecule has 0 unspecified atom stereocenters. The van der Waals surface area contributed by atoms with Crippen LogP contribution in [-0.4, -0.2) is 10.1 Å². The maximum Gasteiger partial charge on any atom is 0.134 e. The molecule has 2 heterocycles. The van der Waals surface area contributed by atoms with Crippen molar-refractivity contribution in [2.24, 2.45) is 0 Å². The third kappa shape index (κ3) is 2.23. The molecule has 0 aliphatic rings. The Hall–Kier alpha value is -1.49. The zero-order valence-corrected chi connectivity index (χ0v) is 11.3. The van der Waals surface area contributed by atoms with Gasteiger partial charge < -0.3 is 5.11 Å². The number of halogens is 2. The minimum atomic E-state index is -0.275. The third-order valence-corrected chi connectivity index (χ3v) is 4.05. The summed E-state index contributed by atoms with van der Waals surface area (Å²) in [6.45, 7) is -0.138. The molecule has 0 spiro atoms. The number of hydrogen-bond donors (Lipinski definition) is 1. The van der Waals surface area contributed by atoms with Gasteiger partial charge >= 0.3 is 0 Å². The summed E-state index contributed by atoms with van der Waals surface area (Å²) in [6.07, 6.45) is 1.60. The number of nitrogens with zero attached hydrogens (tertiary/aromatic N) is 1. The van der Waals surface area contributed by atoms with Crippen molar-refractivity contribution in [3.05, 3.63) is 52.2 Å². The molecule has 0 saturated heterocycles. The highest BCUT2D eigenvalue weighted by atomic mass is 35.5. The van der Waals surface area contributed by atoms with Crippen LogP contribution in [0, 0.1) is 5.82 Å². The first-order chi connectivity index (χ1) is 9.19. The van der Waals surface area contributed by atoms with Gasteiger partial charge in [0.1, 0.15) is 5.82 Å². The summed E-state index contributed by atoms with van der Waals surface area (Å²) in [4.78, 5) is 5.05. The molecule has 96 valence electrons. The van der Waals surface area contributed by atoms with Crippen molar-refractivity contribution in [1.29, 1.82) is 0 Å². The van der Waals surface area contributed by atoms with E-state index in [1.165, 1.54) is 22.8 Å². The van der Waals surface area contributed by atoms with E-state index in [4.69, 9.17) is 11.6 Å². The lowest BCUT2D eigenvalue weighted by atomic mass is 10.0. The normalized spacial score (nSPS) is 11.1. The van der Waals surface area contributed by atoms with Gasteiger partial charge in [-0.25, -0.2) is 4.39 Å². The second-order valence-corrected chi connectivity index (χ2v) is 5.45. The first-order valence-electron chi connectivity index (χ1n) is 5.61. The number of benzene rings is 1. The van der Waals surface area contributed by atoms with Crippen LogP contribution >= 0.6 is 22.9 Å². The van der Waals surface area contributed by atoms with E-state index in [1.807, 2.05) is 6.07 Å². The maximum atomic E-state index is 13.2. The standard InChI is InChI=1S/C14H9ClFNOS/c15-9-1-2-11-12(3-9)17-5-8(6-18)14(11)13-4-10(16)7-19-13/h1-5,7,18H,6H2. The predicted molar refractivity (Wildman–Crippen MR) is 75.9 cm³/mol. The first kappa shape index (κ1) is 12.5. The monoisotopic (exact) mass is 293 g/mol. The van der Waals surface area contributed by atoms with Gasteiger partial charge in [0.2, 0.25) is 0 Å². The van der Waals surface area contributed by atoms with Gasteiger partial charge in [0.15, 0.2) is 0 Å². The quantitative estimate of drug-likeness (QED) is 0.766. The number of thiophene rings is 1. The molecule has 2 aromatic heterocycles. The summed E-state index contributed by atoms with van der Waals surface area (Å²) in [7, 11) is 0. The van der Waals surface area contributed by atoms with E-state index >= 15 is 0 Å². The third-order valence-electron chi connectivity index (χ3n) is 2.89. The fraction of sp³-hybridized carbons (Fsp3) is 0.0714. The molecule has 0 fully saturated rings. The number of pyridine rings is 1. The Kier molecular flexibility index (Phi) is 3.22. The number of rotatable bonds is 2. The zero-order valence-electron chi connectivity index (χ0n) is 9.73. The average Bonchev–Trinajstić information content (AvgIpc) is 2.83. The number of fused-ring (bicyclic) bond motifs is 1. The number of aliphatic hydroxyl groups is 1. The minimum absolute atomic E-state index is 0.138. The van der Waals surface area contributed by atoms with Crippen molar-refractivity contribution in [1.82, 2.24) is 4.98 Å². The second kappa shape index (κ2) is 4.89. The Balaban J connectivity index is 2.36. The lowest BCUT2D eigenvalue weighted by Gasteiger charge is -2.09. The van der Waals surface area contributed by atoms with Gasteiger partial charge in [-0.2, -0.15) is 0 Å². The maximum absolute atomic E-state index is 13.2. The van der Waals surface area contributed by atoms with Gasteiger partial charge in [-0.15, -0.1) is 11.3 Å². The van der Waals surface area contributed by atoms with E-state index in [0.717, 1.165) is 21.3 Å². The first-order valence-corrected chi connectivity index (χ1v) is 6.87. The van der Waals surface area contributed by atoms with Crippen molar-refractivity contribution in [2.45, 2.75) is 6.61 Å². The molecule has 3 rings (SSSR count). The highest BCUT2D eigenvalue weighted by molar-refractivity contribution is 7.13. The van der Waals surface area contributed by atoms with Crippen molar-refractivity contribution in [3.63, 3.8) is 0 Å². The fourth-order valence-electron chi connectivity index (χ4n) is 2.06. The predicted octanol–water partition coefficient (Wildman–Crippen LogP) is 4.25. The van der Waals surface area contributed by atoms with Crippen molar-refractivity contribution < 1.29 is 9.50 Å². The molecule has 19 heavy (non-hydrogen) atoms. The van der Waals surface area contributed by atoms with E-state index in [1.54, 1.807) is 18.3 Å². The molecule has 1 aromatic carbocycles. The molecule has 2 nitrogen and oxygen atoms in total. The van der Waals surface area contributed by atoms with Gasteiger partial charge in [-0.05, 0) is 18.2 Å². The molecular formula is C14H9ClFNOS. The van der Waals surface area contributed by atoms with Crippen LogP contribution in [0.15, 0.2) is 35.8 Å². The second-order valence-electron chi connectivity index (χ2n) is 4.11. The van der Waals surface area contributed by atoms with Gasteiger partial charge in [0.25, 0.3) is 0 Å². The topological polar surface area (TPSA) is 33.1 Å². The molecule has 0 aliphatic carbocycles. The van der Waals surface area contributed by atoms with Crippen LogP contribution in [-0.2, 0) is 6.61 Å². The number of aromatic nitrogens is 1. The van der Waals surface area contributed by atoms with E-state index < -0.39 is 0 Å².